The minimum atomic E-state index is -0.245. The molecular weight excluding hydrogens is 510 g/mol. The molecule has 1 unspecified atom stereocenters. The molecule has 1 aliphatic heterocycles. The van der Waals surface area contributed by atoms with Crippen LogP contribution in [-0.2, 0) is 11.3 Å². The first-order valence-electron chi connectivity index (χ1n) is 13.8. The van der Waals surface area contributed by atoms with Gasteiger partial charge in [0.2, 0.25) is 0 Å². The predicted octanol–water partition coefficient (Wildman–Crippen LogP) is 5.16. The third-order valence-electron chi connectivity index (χ3n) is 8.13. The number of nitrogens with zero attached hydrogens (tertiary/aromatic N) is 3. The smallest absolute Gasteiger partial charge is 0.255 e. The monoisotopic (exact) mass is 547 g/mol. The van der Waals surface area contributed by atoms with Gasteiger partial charge < -0.3 is 20.7 Å². The van der Waals surface area contributed by atoms with Gasteiger partial charge in [0.15, 0.2) is 0 Å². The van der Waals surface area contributed by atoms with Crippen molar-refractivity contribution in [1.29, 1.82) is 0 Å². The van der Waals surface area contributed by atoms with Gasteiger partial charge in [-0.2, -0.15) is 0 Å². The molecule has 0 spiro atoms. The van der Waals surface area contributed by atoms with Gasteiger partial charge in [0, 0.05) is 32.2 Å². The summed E-state index contributed by atoms with van der Waals surface area (Å²) in [5.41, 5.74) is 11.1. The van der Waals surface area contributed by atoms with E-state index >= 15 is 0 Å². The van der Waals surface area contributed by atoms with Crippen LogP contribution in [0.15, 0.2) is 60.7 Å². The predicted molar refractivity (Wildman–Crippen MR) is 157 cm³/mol. The molecule has 1 saturated carbocycles. The third-order valence-corrected chi connectivity index (χ3v) is 8.34. The number of nitrogen functional groups attached to an aromatic ring is 1. The quantitative estimate of drug-likeness (QED) is 0.379. The number of hydrogen-bond acceptors (Lipinski definition) is 6. The van der Waals surface area contributed by atoms with E-state index in [-0.39, 0.29) is 29.0 Å². The Morgan fingerprint density at radius 3 is 2.36 bits per heavy atom. The summed E-state index contributed by atoms with van der Waals surface area (Å²) in [6.45, 7) is 7.30. The van der Waals surface area contributed by atoms with Gasteiger partial charge in [-0.15, -0.1) is 0 Å². The van der Waals surface area contributed by atoms with Crippen LogP contribution in [0.5, 0.6) is 0 Å². The van der Waals surface area contributed by atoms with Crippen LogP contribution < -0.4 is 11.1 Å². The van der Waals surface area contributed by atoms with Crippen LogP contribution in [-0.4, -0.2) is 66.1 Å². The zero-order valence-corrected chi connectivity index (χ0v) is 23.5. The Balaban J connectivity index is 1.14. The summed E-state index contributed by atoms with van der Waals surface area (Å²) in [7, 11) is 2.19. The Hall–Kier alpha value is -2.97. The highest BCUT2D eigenvalue weighted by atomic mass is 35.5. The van der Waals surface area contributed by atoms with Crippen LogP contribution in [0.4, 0.5) is 5.82 Å². The largest absolute Gasteiger partial charge is 0.383 e. The maximum atomic E-state index is 12.7. The number of amides is 1. The second-order valence-electron chi connectivity index (χ2n) is 10.8. The van der Waals surface area contributed by atoms with E-state index in [4.69, 9.17) is 22.1 Å². The second kappa shape index (κ2) is 12.5. The van der Waals surface area contributed by atoms with Gasteiger partial charge in [-0.1, -0.05) is 60.1 Å². The normalized spacial score (nSPS) is 21.1. The van der Waals surface area contributed by atoms with Crippen LogP contribution in [0.25, 0.3) is 11.1 Å². The fourth-order valence-electron chi connectivity index (χ4n) is 5.55. The van der Waals surface area contributed by atoms with Crippen molar-refractivity contribution in [3.63, 3.8) is 0 Å². The van der Waals surface area contributed by atoms with Gasteiger partial charge in [0.05, 0.1) is 24.3 Å². The Labute approximate surface area is 236 Å². The molecule has 2 fully saturated rings. The number of nitrogens with two attached hydrogens (primary N) is 1. The minimum absolute atomic E-state index is 0.0371. The molecule has 1 amide bonds. The van der Waals surface area contributed by atoms with Gasteiger partial charge in [-0.3, -0.25) is 9.69 Å². The van der Waals surface area contributed by atoms with E-state index in [2.05, 4.69) is 82.6 Å². The molecular formula is C31H38ClN5O2. The van der Waals surface area contributed by atoms with Gasteiger partial charge in [-0.05, 0) is 67.6 Å². The van der Waals surface area contributed by atoms with Crippen molar-refractivity contribution >= 4 is 23.3 Å². The lowest BCUT2D eigenvalue weighted by molar-refractivity contribution is 0.0272. The zero-order chi connectivity index (χ0) is 27.4. The highest BCUT2D eigenvalue weighted by molar-refractivity contribution is 6.29. The molecule has 8 heteroatoms. The zero-order valence-electron chi connectivity index (χ0n) is 22.8. The summed E-state index contributed by atoms with van der Waals surface area (Å²) in [5.74, 6) is -0.111. The molecule has 0 bridgehead atoms. The van der Waals surface area contributed by atoms with Crippen molar-refractivity contribution in [3.05, 3.63) is 82.5 Å². The van der Waals surface area contributed by atoms with Crippen LogP contribution in [0.3, 0.4) is 0 Å². The summed E-state index contributed by atoms with van der Waals surface area (Å²) in [6.07, 6.45) is 2.76. The second-order valence-corrected chi connectivity index (χ2v) is 11.1. The van der Waals surface area contributed by atoms with Gasteiger partial charge in [-0.25, -0.2) is 4.98 Å². The van der Waals surface area contributed by atoms with E-state index < -0.39 is 0 Å². The number of hydrogen-bond donors (Lipinski definition) is 2. The number of ether oxygens (including phenoxy) is 1. The fourth-order valence-corrected chi connectivity index (χ4v) is 5.70. The molecule has 1 aromatic heterocycles. The third kappa shape index (κ3) is 6.79. The SMILES string of the molecule is CC(c1ccc(-c2ccc(CO[C@H]3CCC[C@@H]3NC(=O)c3ccc(Cl)nc3N)cc2)cc1)N1CCN(C)CC1. The fraction of sp³-hybridized carbons (Fsp3) is 0.419. The van der Waals surface area contributed by atoms with Crippen molar-refractivity contribution < 1.29 is 9.53 Å². The number of rotatable bonds is 8. The van der Waals surface area contributed by atoms with E-state index in [1.54, 1.807) is 12.1 Å². The van der Waals surface area contributed by atoms with Crippen molar-refractivity contribution in [3.8, 4) is 11.1 Å². The molecule has 39 heavy (non-hydrogen) atoms. The minimum Gasteiger partial charge on any atom is -0.383 e. The first-order valence-corrected chi connectivity index (χ1v) is 14.2. The van der Waals surface area contributed by atoms with Crippen LogP contribution in [0, 0.1) is 0 Å². The summed E-state index contributed by atoms with van der Waals surface area (Å²) in [4.78, 5) is 21.7. The molecule has 3 aromatic rings. The Morgan fingerprint density at radius 2 is 1.69 bits per heavy atom. The number of pyridine rings is 1. The molecule has 206 valence electrons. The molecule has 2 aliphatic rings. The molecule has 5 rings (SSSR count). The highest BCUT2D eigenvalue weighted by Gasteiger charge is 2.30. The number of nitrogens with one attached hydrogen (secondary N) is 1. The Bertz CT molecular complexity index is 1260. The Kier molecular flexibility index (Phi) is 8.82. The van der Waals surface area contributed by atoms with E-state index in [1.807, 2.05) is 0 Å². The number of anilines is 1. The lowest BCUT2D eigenvalue weighted by atomic mass is 9.99. The number of halogens is 1. The number of piperazine rings is 1. The lowest BCUT2D eigenvalue weighted by Crippen LogP contribution is -2.45. The molecule has 2 aromatic carbocycles. The topological polar surface area (TPSA) is 83.7 Å². The molecule has 2 heterocycles. The Morgan fingerprint density at radius 1 is 1.03 bits per heavy atom. The van der Waals surface area contributed by atoms with Crippen molar-refractivity contribution in [1.82, 2.24) is 20.1 Å². The molecule has 1 aliphatic carbocycles. The maximum absolute atomic E-state index is 12.7. The summed E-state index contributed by atoms with van der Waals surface area (Å²) >= 11 is 5.86. The van der Waals surface area contributed by atoms with E-state index in [1.165, 1.54) is 16.7 Å². The summed E-state index contributed by atoms with van der Waals surface area (Å²) in [5, 5.41) is 3.34. The molecule has 3 atom stereocenters. The summed E-state index contributed by atoms with van der Waals surface area (Å²) in [6, 6.07) is 21.1. The van der Waals surface area contributed by atoms with Crippen molar-refractivity contribution in [2.75, 3.05) is 39.0 Å². The first-order chi connectivity index (χ1) is 18.9. The van der Waals surface area contributed by atoms with Crippen molar-refractivity contribution in [2.24, 2.45) is 0 Å². The molecule has 1 saturated heterocycles. The van der Waals surface area contributed by atoms with Crippen LogP contribution >= 0.6 is 11.6 Å². The highest BCUT2D eigenvalue weighted by Crippen LogP contribution is 2.27. The van der Waals surface area contributed by atoms with Gasteiger partial charge >= 0.3 is 0 Å². The molecule has 0 radical (unpaired) electrons. The number of aromatic nitrogens is 1. The number of carbonyl (C=O) groups is 1. The van der Waals surface area contributed by atoms with E-state index in [0.29, 0.717) is 18.2 Å². The number of likely N-dealkylation sites (N-methyl/N-ethyl adjacent to an activating group) is 1. The molecule has 3 N–H and O–H groups in total. The number of benzene rings is 2. The standard InChI is InChI=1S/C31H38ClN5O2/c1-21(37-18-16-36(2)17-19-37)23-10-12-25(13-11-23)24-8-6-22(7-9-24)20-39-28-5-3-4-27(28)34-31(38)26-14-15-29(32)35-30(26)33/h6-15,21,27-28H,3-5,16-20H2,1-2H3,(H2,33,35)(H,34,38)/t21?,27-,28-/m0/s1. The van der Waals surface area contributed by atoms with Crippen LogP contribution in [0.2, 0.25) is 5.15 Å². The number of carbonyl (C=O) groups excluding carboxylic acids is 1. The van der Waals surface area contributed by atoms with Crippen molar-refractivity contribution in [2.45, 2.75) is 51.0 Å². The average Bonchev–Trinajstić information content (AvgIpc) is 3.39. The average molecular weight is 548 g/mol. The summed E-state index contributed by atoms with van der Waals surface area (Å²) < 4.78 is 6.25. The van der Waals surface area contributed by atoms with E-state index in [9.17, 15) is 4.79 Å². The van der Waals surface area contributed by atoms with Crippen LogP contribution in [0.1, 0.15) is 53.7 Å². The van der Waals surface area contributed by atoms with Gasteiger partial charge in [0.25, 0.3) is 5.91 Å². The maximum Gasteiger partial charge on any atom is 0.255 e. The first kappa shape index (κ1) is 27.6. The molecule has 7 nitrogen and oxygen atoms in total. The van der Waals surface area contributed by atoms with E-state index in [0.717, 1.165) is 51.0 Å². The van der Waals surface area contributed by atoms with Gasteiger partial charge in [0.1, 0.15) is 11.0 Å². The lowest BCUT2D eigenvalue weighted by Gasteiger charge is -2.36.